The van der Waals surface area contributed by atoms with Crippen LogP contribution in [0, 0.1) is 0 Å². The van der Waals surface area contributed by atoms with Crippen LogP contribution in [-0.2, 0) is 0 Å². The first-order valence-corrected chi connectivity index (χ1v) is 22.2. The lowest BCUT2D eigenvalue weighted by molar-refractivity contribution is 1.01. The molecule has 3 heteroatoms. The molecule has 0 N–H and O–H groups in total. The topological polar surface area (TPSA) is 38.7 Å². The summed E-state index contributed by atoms with van der Waals surface area (Å²) < 4.78 is 0. The van der Waals surface area contributed by atoms with Crippen LogP contribution in [0.25, 0.3) is 106 Å². The Balaban J connectivity index is 1.28. The van der Waals surface area contributed by atoms with Crippen LogP contribution < -0.4 is 0 Å². The van der Waals surface area contributed by atoms with Gasteiger partial charge in [-0.3, -0.25) is 0 Å². The Bertz CT molecular complexity index is 3250. The van der Waals surface area contributed by atoms with E-state index in [9.17, 15) is 0 Å². The van der Waals surface area contributed by atoms with Crippen LogP contribution in [-0.4, -0.2) is 15.0 Å². The van der Waals surface area contributed by atoms with E-state index >= 15 is 0 Å². The van der Waals surface area contributed by atoms with E-state index in [1.807, 2.05) is 18.2 Å². The van der Waals surface area contributed by atoms with Crippen molar-refractivity contribution in [1.29, 1.82) is 0 Å². The zero-order valence-corrected chi connectivity index (χ0v) is 36.1. The number of rotatable bonds is 11. The van der Waals surface area contributed by atoms with Crippen molar-refractivity contribution in [2.45, 2.75) is 26.7 Å². The van der Waals surface area contributed by atoms with Gasteiger partial charge >= 0.3 is 0 Å². The minimum atomic E-state index is 0.653. The van der Waals surface area contributed by atoms with Gasteiger partial charge in [0.05, 0.1) is 0 Å². The number of fused-ring (bicyclic) bond motifs is 1. The predicted molar refractivity (Wildman–Crippen MR) is 269 cm³/mol. The monoisotopic (exact) mass is 821 g/mol. The highest BCUT2D eigenvalue weighted by molar-refractivity contribution is 6.09. The van der Waals surface area contributed by atoms with Crippen molar-refractivity contribution in [3.63, 3.8) is 0 Å². The van der Waals surface area contributed by atoms with Crippen molar-refractivity contribution in [2.24, 2.45) is 0 Å². The molecule has 0 atom stereocenters. The molecule has 9 aromatic carbocycles. The van der Waals surface area contributed by atoms with Gasteiger partial charge in [-0.25, -0.2) is 15.0 Å². The van der Waals surface area contributed by atoms with Gasteiger partial charge in [0, 0.05) is 16.7 Å². The second-order valence-corrected chi connectivity index (χ2v) is 16.0. The molecule has 0 bridgehead atoms. The number of hydrogen-bond donors (Lipinski definition) is 0. The predicted octanol–water partition coefficient (Wildman–Crippen LogP) is 16.6. The third-order valence-electron chi connectivity index (χ3n) is 12.0. The Kier molecular flexibility index (Phi) is 11.4. The van der Waals surface area contributed by atoms with Gasteiger partial charge in [-0.1, -0.05) is 220 Å². The zero-order valence-electron chi connectivity index (χ0n) is 36.1. The Morgan fingerprint density at radius 2 is 0.844 bits per heavy atom. The van der Waals surface area contributed by atoms with E-state index in [1.54, 1.807) is 0 Å². The minimum absolute atomic E-state index is 0.653. The molecule has 0 radical (unpaired) electrons. The number of allylic oxidation sites excluding steroid dienone is 2. The molecule has 0 aliphatic heterocycles. The fourth-order valence-corrected chi connectivity index (χ4v) is 9.07. The summed E-state index contributed by atoms with van der Waals surface area (Å²) in [7, 11) is 0. The van der Waals surface area contributed by atoms with Gasteiger partial charge in [-0.2, -0.15) is 0 Å². The summed E-state index contributed by atoms with van der Waals surface area (Å²) in [5.41, 5.74) is 16.9. The molecular formula is C61H47N3. The van der Waals surface area contributed by atoms with Gasteiger partial charge < -0.3 is 0 Å². The van der Waals surface area contributed by atoms with Crippen molar-refractivity contribution in [2.75, 3.05) is 0 Å². The summed E-state index contributed by atoms with van der Waals surface area (Å²) in [5.74, 6) is 2.03. The average Bonchev–Trinajstić information content (AvgIpc) is 3.38. The molecule has 306 valence electrons. The SMILES string of the molecule is CC/C=C(\CC)c1nc(-c2ccccc2)nc(-c2ccc3ccccc3c2-c2cccc(-c3cc(-c4ccccc4)c(-c4ccccc4)c(-c4ccccc4)c3-c3ccccc3)c2)n1. The van der Waals surface area contributed by atoms with Crippen molar-refractivity contribution >= 4 is 16.3 Å². The summed E-state index contributed by atoms with van der Waals surface area (Å²) in [6, 6.07) is 78.2. The molecule has 64 heavy (non-hydrogen) atoms. The standard InChI is InChI=1S/C61H47N3/c1-3-23-42(4-2)59-62-60(48-33-18-9-19-34-48)64-61(63-59)52-39-38-44-26-20-21-37-51(44)55(52)50-36-22-35-49(40-50)54-41-53(43-24-10-5-11-25-43)56(45-27-12-6-13-28-45)58(47-31-16-8-17-32-47)57(54)46-29-14-7-15-30-46/h5-41H,3-4H2,1-2H3/b42-23+. The van der Waals surface area contributed by atoms with E-state index in [0.717, 1.165) is 79.3 Å². The maximum absolute atomic E-state index is 5.28. The Hall–Kier alpha value is -8.01. The molecule has 3 nitrogen and oxygen atoms in total. The van der Waals surface area contributed by atoms with Crippen LogP contribution in [0.2, 0.25) is 0 Å². The highest BCUT2D eigenvalue weighted by Gasteiger charge is 2.25. The molecule has 0 aliphatic carbocycles. The normalized spacial score (nSPS) is 11.5. The van der Waals surface area contributed by atoms with E-state index in [2.05, 4.69) is 220 Å². The molecule has 0 aliphatic rings. The molecule has 0 saturated heterocycles. The highest BCUT2D eigenvalue weighted by atomic mass is 15.0. The summed E-state index contributed by atoms with van der Waals surface area (Å²) in [5, 5.41) is 2.29. The molecular weight excluding hydrogens is 775 g/mol. The van der Waals surface area contributed by atoms with Crippen molar-refractivity contribution in [3.05, 3.63) is 230 Å². The van der Waals surface area contributed by atoms with Gasteiger partial charge in [0.25, 0.3) is 0 Å². The molecule has 0 unspecified atom stereocenters. The van der Waals surface area contributed by atoms with Gasteiger partial charge in [0.1, 0.15) is 0 Å². The van der Waals surface area contributed by atoms with Gasteiger partial charge in [-0.05, 0) is 109 Å². The fourth-order valence-electron chi connectivity index (χ4n) is 9.07. The molecule has 0 spiro atoms. The van der Waals surface area contributed by atoms with Gasteiger partial charge in [-0.15, -0.1) is 0 Å². The van der Waals surface area contributed by atoms with E-state index in [0.29, 0.717) is 17.5 Å². The minimum Gasteiger partial charge on any atom is -0.209 e. The van der Waals surface area contributed by atoms with Gasteiger partial charge in [0.15, 0.2) is 17.5 Å². The highest BCUT2D eigenvalue weighted by Crippen LogP contribution is 2.51. The third-order valence-corrected chi connectivity index (χ3v) is 12.0. The smallest absolute Gasteiger partial charge is 0.164 e. The first kappa shape index (κ1) is 40.1. The molecule has 0 fully saturated rings. The van der Waals surface area contributed by atoms with Crippen molar-refractivity contribution < 1.29 is 0 Å². The van der Waals surface area contributed by atoms with E-state index < -0.39 is 0 Å². The Morgan fingerprint density at radius 1 is 0.359 bits per heavy atom. The van der Waals surface area contributed by atoms with Crippen LogP contribution in [0.3, 0.4) is 0 Å². The molecule has 10 rings (SSSR count). The van der Waals surface area contributed by atoms with Crippen LogP contribution in [0.1, 0.15) is 32.5 Å². The van der Waals surface area contributed by atoms with Crippen molar-refractivity contribution in [3.8, 4) is 89.5 Å². The lowest BCUT2D eigenvalue weighted by Gasteiger charge is -2.25. The Labute approximate surface area is 376 Å². The van der Waals surface area contributed by atoms with E-state index in [1.165, 1.54) is 27.8 Å². The quantitative estimate of drug-likeness (QED) is 0.130. The molecule has 1 aromatic heterocycles. The number of hydrogen-bond acceptors (Lipinski definition) is 3. The molecule has 10 aromatic rings. The molecule has 0 saturated carbocycles. The second kappa shape index (κ2) is 18.1. The third kappa shape index (κ3) is 7.85. The lowest BCUT2D eigenvalue weighted by Crippen LogP contribution is -2.04. The van der Waals surface area contributed by atoms with E-state index in [-0.39, 0.29) is 0 Å². The maximum atomic E-state index is 5.28. The fraction of sp³-hybridized carbons (Fsp3) is 0.0656. The largest absolute Gasteiger partial charge is 0.209 e. The zero-order chi connectivity index (χ0) is 43.2. The first-order chi connectivity index (χ1) is 31.7. The van der Waals surface area contributed by atoms with Crippen LogP contribution >= 0.6 is 0 Å². The summed E-state index contributed by atoms with van der Waals surface area (Å²) in [4.78, 5) is 15.6. The summed E-state index contributed by atoms with van der Waals surface area (Å²) in [6.45, 7) is 4.33. The molecule has 0 amide bonds. The lowest BCUT2D eigenvalue weighted by atomic mass is 9.78. The summed E-state index contributed by atoms with van der Waals surface area (Å²) in [6.07, 6.45) is 3.95. The number of benzene rings is 9. The van der Waals surface area contributed by atoms with Gasteiger partial charge in [0.2, 0.25) is 0 Å². The van der Waals surface area contributed by atoms with Crippen molar-refractivity contribution in [1.82, 2.24) is 15.0 Å². The van der Waals surface area contributed by atoms with Crippen LogP contribution in [0.15, 0.2) is 224 Å². The summed E-state index contributed by atoms with van der Waals surface area (Å²) >= 11 is 0. The van der Waals surface area contributed by atoms with Crippen LogP contribution in [0.4, 0.5) is 0 Å². The van der Waals surface area contributed by atoms with Crippen LogP contribution in [0.5, 0.6) is 0 Å². The van der Waals surface area contributed by atoms with E-state index in [4.69, 9.17) is 15.0 Å². The second-order valence-electron chi connectivity index (χ2n) is 16.0. The number of nitrogens with zero attached hydrogens (tertiary/aromatic N) is 3. The average molecular weight is 822 g/mol. The number of aromatic nitrogens is 3. The maximum Gasteiger partial charge on any atom is 0.164 e. The Morgan fingerprint density at radius 3 is 1.44 bits per heavy atom. The first-order valence-electron chi connectivity index (χ1n) is 22.2. The molecule has 1 heterocycles.